The molecular formula is C15H21F3N4O2. The van der Waals surface area contributed by atoms with Crippen LogP contribution in [0.25, 0.3) is 0 Å². The summed E-state index contributed by atoms with van der Waals surface area (Å²) < 4.78 is 38.6. The molecule has 0 aromatic carbocycles. The Morgan fingerprint density at radius 3 is 2.54 bits per heavy atom. The zero-order valence-corrected chi connectivity index (χ0v) is 13.8. The Morgan fingerprint density at radius 1 is 1.33 bits per heavy atom. The maximum atomic E-state index is 12.9. The number of alkyl halides is 3. The lowest BCUT2D eigenvalue weighted by atomic mass is 9.98. The first-order chi connectivity index (χ1) is 11.1. The van der Waals surface area contributed by atoms with E-state index in [1.807, 2.05) is 0 Å². The molecule has 0 saturated carbocycles. The smallest absolute Gasteiger partial charge is 0.363 e. The van der Waals surface area contributed by atoms with Gasteiger partial charge in [0, 0.05) is 31.4 Å². The molecule has 1 aromatic rings. The van der Waals surface area contributed by atoms with Crippen molar-refractivity contribution in [3.8, 4) is 0 Å². The number of carbonyl (C=O) groups excluding carboxylic acids is 2. The van der Waals surface area contributed by atoms with Gasteiger partial charge in [0.1, 0.15) is 6.04 Å². The molecular weight excluding hydrogens is 325 g/mol. The van der Waals surface area contributed by atoms with Crippen LogP contribution < -0.4 is 10.6 Å². The maximum Gasteiger partial charge on any atom is 0.404 e. The Kier molecular flexibility index (Phi) is 5.22. The SMILES string of the molecule is CC(=O)Nc1c[nH]c(C)c1C(=O)N[C@H]1CC[C@@H](C(F)(F)F)N(C)C1. The lowest BCUT2D eigenvalue weighted by Gasteiger charge is -2.38. The Morgan fingerprint density at radius 2 is 2.00 bits per heavy atom. The number of aryl methyl sites for hydroxylation is 1. The van der Waals surface area contributed by atoms with Gasteiger partial charge in [-0.3, -0.25) is 14.5 Å². The Balaban J connectivity index is 2.04. The summed E-state index contributed by atoms with van der Waals surface area (Å²) in [6.07, 6.45) is -2.56. The third-order valence-electron chi connectivity index (χ3n) is 4.16. The van der Waals surface area contributed by atoms with Crippen molar-refractivity contribution in [1.29, 1.82) is 0 Å². The highest BCUT2D eigenvalue weighted by molar-refractivity contribution is 6.04. The van der Waals surface area contributed by atoms with E-state index in [1.54, 1.807) is 6.92 Å². The normalized spacial score (nSPS) is 22.2. The number of carbonyl (C=O) groups is 2. The van der Waals surface area contributed by atoms with Gasteiger partial charge < -0.3 is 15.6 Å². The van der Waals surface area contributed by atoms with Crippen molar-refractivity contribution in [2.24, 2.45) is 0 Å². The van der Waals surface area contributed by atoms with Crippen molar-refractivity contribution in [3.05, 3.63) is 17.5 Å². The summed E-state index contributed by atoms with van der Waals surface area (Å²) in [5.74, 6) is -0.727. The number of amides is 2. The highest BCUT2D eigenvalue weighted by Crippen LogP contribution is 2.31. The number of nitrogens with zero attached hydrogens (tertiary/aromatic N) is 1. The molecule has 1 aromatic heterocycles. The van der Waals surface area contributed by atoms with E-state index in [9.17, 15) is 22.8 Å². The van der Waals surface area contributed by atoms with E-state index in [0.717, 1.165) is 0 Å². The number of aromatic amines is 1. The van der Waals surface area contributed by atoms with Crippen LogP contribution in [0.3, 0.4) is 0 Å². The van der Waals surface area contributed by atoms with Gasteiger partial charge in [-0.15, -0.1) is 0 Å². The average molecular weight is 346 g/mol. The first-order valence-corrected chi connectivity index (χ1v) is 7.63. The lowest BCUT2D eigenvalue weighted by Crippen LogP contribution is -2.54. The van der Waals surface area contributed by atoms with Crippen LogP contribution in [-0.4, -0.2) is 53.6 Å². The largest absolute Gasteiger partial charge is 0.404 e. The number of anilines is 1. The molecule has 2 heterocycles. The molecule has 1 aliphatic rings. The van der Waals surface area contributed by atoms with E-state index in [2.05, 4.69) is 15.6 Å². The number of halogens is 3. The number of likely N-dealkylation sites (N-methyl/N-ethyl adjacent to an activating group) is 1. The van der Waals surface area contributed by atoms with Crippen molar-refractivity contribution in [1.82, 2.24) is 15.2 Å². The van der Waals surface area contributed by atoms with Gasteiger partial charge in [0.25, 0.3) is 5.91 Å². The van der Waals surface area contributed by atoms with E-state index in [1.165, 1.54) is 25.1 Å². The summed E-state index contributed by atoms with van der Waals surface area (Å²) in [6, 6.07) is -1.85. The highest BCUT2D eigenvalue weighted by Gasteiger charge is 2.45. The van der Waals surface area contributed by atoms with Gasteiger partial charge in [-0.25, -0.2) is 0 Å². The minimum absolute atomic E-state index is 0.0599. The summed E-state index contributed by atoms with van der Waals surface area (Å²) in [4.78, 5) is 27.7. The van der Waals surface area contributed by atoms with Crippen LogP contribution in [-0.2, 0) is 4.79 Å². The van der Waals surface area contributed by atoms with Gasteiger partial charge in [0.05, 0.1) is 11.3 Å². The lowest BCUT2D eigenvalue weighted by molar-refractivity contribution is -0.188. The Bertz CT molecular complexity index is 627. The number of nitrogens with one attached hydrogen (secondary N) is 3. The molecule has 134 valence electrons. The first-order valence-electron chi connectivity index (χ1n) is 7.63. The number of rotatable bonds is 3. The van der Waals surface area contributed by atoms with Crippen LogP contribution in [0.1, 0.15) is 35.8 Å². The molecule has 0 radical (unpaired) electrons. The highest BCUT2D eigenvalue weighted by atomic mass is 19.4. The van der Waals surface area contributed by atoms with E-state index < -0.39 is 18.1 Å². The molecule has 2 atom stereocenters. The number of hydrogen-bond donors (Lipinski definition) is 3. The molecule has 0 aliphatic carbocycles. The van der Waals surface area contributed by atoms with Crippen LogP contribution in [0, 0.1) is 6.92 Å². The maximum absolute atomic E-state index is 12.9. The molecule has 0 bridgehead atoms. The number of hydrogen-bond acceptors (Lipinski definition) is 3. The molecule has 2 rings (SSSR count). The number of piperidine rings is 1. The van der Waals surface area contributed by atoms with Crippen LogP contribution in [0.2, 0.25) is 0 Å². The number of aromatic nitrogens is 1. The molecule has 3 N–H and O–H groups in total. The van der Waals surface area contributed by atoms with E-state index in [0.29, 0.717) is 16.9 Å². The topological polar surface area (TPSA) is 77.2 Å². The van der Waals surface area contributed by atoms with Crippen molar-refractivity contribution < 1.29 is 22.8 Å². The van der Waals surface area contributed by atoms with Gasteiger partial charge in [0.2, 0.25) is 5.91 Å². The number of likely N-dealkylation sites (tertiary alicyclic amines) is 1. The predicted molar refractivity (Wildman–Crippen MR) is 82.8 cm³/mol. The summed E-state index contributed by atoms with van der Waals surface area (Å²) in [5.41, 5.74) is 1.23. The molecule has 1 saturated heterocycles. The molecule has 9 heteroatoms. The summed E-state index contributed by atoms with van der Waals surface area (Å²) in [7, 11) is 1.40. The standard InChI is InChI=1S/C15H21F3N4O2/c1-8-13(11(6-19-8)20-9(2)23)14(24)21-10-4-5-12(15(16,17)18)22(3)7-10/h6,10,12,19H,4-5,7H2,1-3H3,(H,20,23)(H,21,24)/t10-,12-/m0/s1. The molecule has 0 unspecified atom stereocenters. The van der Waals surface area contributed by atoms with Crippen molar-refractivity contribution in [3.63, 3.8) is 0 Å². The van der Waals surface area contributed by atoms with Crippen LogP contribution in [0.4, 0.5) is 18.9 Å². The molecule has 1 fully saturated rings. The second-order valence-electron chi connectivity index (χ2n) is 6.13. The van der Waals surface area contributed by atoms with Crippen molar-refractivity contribution >= 4 is 17.5 Å². The first kappa shape index (κ1) is 18.3. The number of H-pyrrole nitrogens is 1. The van der Waals surface area contributed by atoms with E-state index in [4.69, 9.17) is 0 Å². The van der Waals surface area contributed by atoms with Crippen LogP contribution in [0.5, 0.6) is 0 Å². The molecule has 2 amide bonds. The van der Waals surface area contributed by atoms with Crippen molar-refractivity contribution in [2.75, 3.05) is 18.9 Å². The quantitative estimate of drug-likeness (QED) is 0.784. The minimum atomic E-state index is -4.26. The van der Waals surface area contributed by atoms with E-state index >= 15 is 0 Å². The van der Waals surface area contributed by atoms with Crippen LogP contribution >= 0.6 is 0 Å². The third kappa shape index (κ3) is 4.08. The Labute approximate surface area is 137 Å². The molecule has 24 heavy (non-hydrogen) atoms. The third-order valence-corrected chi connectivity index (χ3v) is 4.16. The van der Waals surface area contributed by atoms with E-state index in [-0.39, 0.29) is 31.3 Å². The molecule has 0 spiro atoms. The zero-order chi connectivity index (χ0) is 18.1. The summed E-state index contributed by atoms with van der Waals surface area (Å²) in [6.45, 7) is 3.14. The fourth-order valence-electron chi connectivity index (χ4n) is 3.04. The summed E-state index contributed by atoms with van der Waals surface area (Å²) in [5, 5.41) is 5.32. The van der Waals surface area contributed by atoms with Gasteiger partial charge in [-0.05, 0) is 26.8 Å². The van der Waals surface area contributed by atoms with Gasteiger partial charge in [-0.1, -0.05) is 0 Å². The second-order valence-corrected chi connectivity index (χ2v) is 6.13. The van der Waals surface area contributed by atoms with Gasteiger partial charge in [-0.2, -0.15) is 13.2 Å². The Hall–Kier alpha value is -2.03. The fourth-order valence-corrected chi connectivity index (χ4v) is 3.04. The molecule has 6 nitrogen and oxygen atoms in total. The predicted octanol–water partition coefficient (Wildman–Crippen LogP) is 2.04. The van der Waals surface area contributed by atoms with Crippen LogP contribution in [0.15, 0.2) is 6.20 Å². The minimum Gasteiger partial charge on any atom is -0.363 e. The summed E-state index contributed by atoms with van der Waals surface area (Å²) >= 11 is 0. The van der Waals surface area contributed by atoms with Gasteiger partial charge >= 0.3 is 6.18 Å². The van der Waals surface area contributed by atoms with Gasteiger partial charge in [0.15, 0.2) is 0 Å². The monoisotopic (exact) mass is 346 g/mol. The zero-order valence-electron chi connectivity index (χ0n) is 13.8. The average Bonchev–Trinajstić information content (AvgIpc) is 2.77. The second kappa shape index (κ2) is 6.84. The molecule has 1 aliphatic heterocycles. The fraction of sp³-hybridized carbons (Fsp3) is 0.600. The van der Waals surface area contributed by atoms with Crippen molar-refractivity contribution in [2.45, 2.75) is 44.9 Å².